The number of aromatic hydroxyl groups is 1. The number of phenols is 1. The molecular weight excluding hydrogens is 323 g/mol. The van der Waals surface area contributed by atoms with E-state index in [2.05, 4.69) is 20.5 Å². The second-order valence-electron chi connectivity index (χ2n) is 4.68. The maximum atomic E-state index is 13.2. The van der Waals surface area contributed by atoms with E-state index in [1.54, 1.807) is 0 Å². The Hall–Kier alpha value is -2.81. The molecular formula is C14H13FN4O3S. The summed E-state index contributed by atoms with van der Waals surface area (Å²) in [5.41, 5.74) is 2.58. The average molecular weight is 336 g/mol. The second-order valence-corrected chi connectivity index (χ2v) is 5.09. The number of carbonyl (C=O) groups excluding carboxylic acids is 1. The van der Waals surface area contributed by atoms with Gasteiger partial charge in [0.1, 0.15) is 11.6 Å². The molecule has 2 rings (SSSR count). The lowest BCUT2D eigenvalue weighted by Crippen LogP contribution is -2.23. The molecule has 1 heterocycles. The molecule has 120 valence electrons. The lowest BCUT2D eigenvalue weighted by molar-refractivity contribution is -0.120. The largest absolute Gasteiger partial charge is 0.507 e. The molecule has 0 saturated carbocycles. The molecule has 7 nitrogen and oxygen atoms in total. The quantitative estimate of drug-likeness (QED) is 0.384. The number of aromatic nitrogens is 2. The second kappa shape index (κ2) is 6.97. The third-order valence-corrected chi connectivity index (χ3v) is 3.07. The fraction of sp³-hybridized carbons (Fsp3) is 0.143. The number of amides is 1. The number of halogens is 1. The fourth-order valence-corrected chi connectivity index (χ4v) is 2.06. The van der Waals surface area contributed by atoms with Crippen molar-refractivity contribution < 1.29 is 14.3 Å². The third kappa shape index (κ3) is 4.58. The number of nitrogens with one attached hydrogen (secondary N) is 3. The highest BCUT2D eigenvalue weighted by molar-refractivity contribution is 7.71. The number of H-pyrrole nitrogens is 2. The van der Waals surface area contributed by atoms with E-state index >= 15 is 0 Å². The van der Waals surface area contributed by atoms with E-state index in [0.717, 1.165) is 12.1 Å². The predicted molar refractivity (Wildman–Crippen MR) is 84.4 cm³/mol. The van der Waals surface area contributed by atoms with E-state index in [-0.39, 0.29) is 28.2 Å². The zero-order valence-electron chi connectivity index (χ0n) is 12.0. The minimum atomic E-state index is -0.533. The van der Waals surface area contributed by atoms with E-state index in [0.29, 0.717) is 5.69 Å². The molecule has 0 aliphatic carbocycles. The van der Waals surface area contributed by atoms with Crippen molar-refractivity contribution in [2.24, 2.45) is 5.10 Å². The maximum absolute atomic E-state index is 13.2. The number of hydrazone groups is 1. The Bertz CT molecular complexity index is 860. The van der Waals surface area contributed by atoms with E-state index < -0.39 is 17.3 Å². The molecule has 0 fully saturated rings. The SMILES string of the molecule is C/C(=N\NC(=O)Cc1cc(=O)[nH]c(=S)[nH]1)c1cc(F)ccc1O. The van der Waals surface area contributed by atoms with Gasteiger partial charge in [-0.2, -0.15) is 5.10 Å². The summed E-state index contributed by atoms with van der Waals surface area (Å²) in [5, 5.41) is 13.5. The van der Waals surface area contributed by atoms with Crippen LogP contribution in [0.1, 0.15) is 18.2 Å². The molecule has 4 N–H and O–H groups in total. The first-order valence-electron chi connectivity index (χ1n) is 6.49. The minimum absolute atomic E-state index is 0.115. The lowest BCUT2D eigenvalue weighted by Gasteiger charge is -2.05. The van der Waals surface area contributed by atoms with Gasteiger partial charge in [-0.15, -0.1) is 0 Å². The van der Waals surface area contributed by atoms with Gasteiger partial charge in [-0.25, -0.2) is 9.82 Å². The van der Waals surface area contributed by atoms with Gasteiger partial charge in [-0.3, -0.25) is 14.6 Å². The third-order valence-electron chi connectivity index (χ3n) is 2.86. The van der Waals surface area contributed by atoms with Crippen molar-refractivity contribution in [1.82, 2.24) is 15.4 Å². The van der Waals surface area contributed by atoms with Gasteiger partial charge in [0.25, 0.3) is 5.56 Å². The number of hydrogen-bond acceptors (Lipinski definition) is 5. The normalized spacial score (nSPS) is 11.3. The van der Waals surface area contributed by atoms with Crippen molar-refractivity contribution in [3.05, 3.63) is 56.5 Å². The van der Waals surface area contributed by atoms with Gasteiger partial charge in [-0.1, -0.05) is 0 Å². The Morgan fingerprint density at radius 2 is 2.13 bits per heavy atom. The standard InChI is InChI=1S/C14H13FN4O3S/c1-7(10-4-8(15)2-3-11(10)20)18-19-13(22)6-9-5-12(21)17-14(23)16-9/h2-5,20H,6H2,1H3,(H,19,22)(H2,16,17,21,23)/b18-7+. The Balaban J connectivity index is 2.09. The van der Waals surface area contributed by atoms with Crippen LogP contribution in [0.5, 0.6) is 5.75 Å². The Morgan fingerprint density at radius 3 is 2.83 bits per heavy atom. The molecule has 0 aliphatic rings. The highest BCUT2D eigenvalue weighted by Gasteiger charge is 2.08. The molecule has 0 radical (unpaired) electrons. The van der Waals surface area contributed by atoms with Crippen LogP contribution in [-0.4, -0.2) is 26.7 Å². The van der Waals surface area contributed by atoms with Crippen LogP contribution in [0.4, 0.5) is 4.39 Å². The van der Waals surface area contributed by atoms with Crippen LogP contribution >= 0.6 is 12.2 Å². The first kappa shape index (κ1) is 16.6. The van der Waals surface area contributed by atoms with Crippen molar-refractivity contribution in [3.8, 4) is 5.75 Å². The monoisotopic (exact) mass is 336 g/mol. The summed E-state index contributed by atoms with van der Waals surface area (Å²) < 4.78 is 13.3. The first-order chi connectivity index (χ1) is 10.8. The molecule has 1 aromatic carbocycles. The smallest absolute Gasteiger partial charge is 0.251 e. The van der Waals surface area contributed by atoms with Gasteiger partial charge in [-0.05, 0) is 37.3 Å². The van der Waals surface area contributed by atoms with Crippen molar-refractivity contribution >= 4 is 23.8 Å². The Kier molecular flexibility index (Phi) is 5.02. The molecule has 23 heavy (non-hydrogen) atoms. The number of carbonyl (C=O) groups is 1. The maximum Gasteiger partial charge on any atom is 0.251 e. The summed E-state index contributed by atoms with van der Waals surface area (Å²) in [5.74, 6) is -1.19. The summed E-state index contributed by atoms with van der Waals surface area (Å²) in [6.45, 7) is 1.51. The highest BCUT2D eigenvalue weighted by Crippen LogP contribution is 2.18. The van der Waals surface area contributed by atoms with Crippen LogP contribution in [0, 0.1) is 10.6 Å². The van der Waals surface area contributed by atoms with E-state index in [4.69, 9.17) is 12.2 Å². The van der Waals surface area contributed by atoms with Gasteiger partial charge < -0.3 is 10.1 Å². The molecule has 0 aliphatic heterocycles. The van der Waals surface area contributed by atoms with Crippen LogP contribution in [0.2, 0.25) is 0 Å². The molecule has 0 bridgehead atoms. The zero-order chi connectivity index (χ0) is 17.0. The van der Waals surface area contributed by atoms with Crippen LogP contribution in [0.25, 0.3) is 0 Å². The highest BCUT2D eigenvalue weighted by atomic mass is 32.1. The number of phenolic OH excluding ortho intramolecular Hbond substituents is 1. The minimum Gasteiger partial charge on any atom is -0.507 e. The number of aromatic amines is 2. The van der Waals surface area contributed by atoms with Crippen LogP contribution < -0.4 is 11.0 Å². The van der Waals surface area contributed by atoms with Crippen molar-refractivity contribution in [3.63, 3.8) is 0 Å². The summed E-state index contributed by atoms with van der Waals surface area (Å²) >= 11 is 4.80. The van der Waals surface area contributed by atoms with Crippen molar-refractivity contribution in [2.75, 3.05) is 0 Å². The van der Waals surface area contributed by atoms with Gasteiger partial charge in [0, 0.05) is 17.3 Å². The van der Waals surface area contributed by atoms with E-state index in [1.165, 1.54) is 19.1 Å². The van der Waals surface area contributed by atoms with Crippen molar-refractivity contribution in [2.45, 2.75) is 13.3 Å². The van der Waals surface area contributed by atoms with Crippen molar-refractivity contribution in [1.29, 1.82) is 0 Å². The Labute approximate surface area is 134 Å². The van der Waals surface area contributed by atoms with Gasteiger partial charge in [0.15, 0.2) is 4.77 Å². The van der Waals surface area contributed by atoms with Crippen LogP contribution in [0.3, 0.4) is 0 Å². The average Bonchev–Trinajstić information content (AvgIpc) is 2.46. The lowest BCUT2D eigenvalue weighted by atomic mass is 10.1. The molecule has 1 aromatic heterocycles. The molecule has 0 atom stereocenters. The van der Waals surface area contributed by atoms with Crippen LogP contribution in [0.15, 0.2) is 34.2 Å². The molecule has 0 unspecified atom stereocenters. The molecule has 9 heteroatoms. The number of hydrogen-bond donors (Lipinski definition) is 4. The van der Waals surface area contributed by atoms with Gasteiger partial charge in [0.05, 0.1) is 12.1 Å². The number of benzene rings is 1. The summed E-state index contributed by atoms with van der Waals surface area (Å²) in [6, 6.07) is 4.63. The van der Waals surface area contributed by atoms with E-state index in [1.807, 2.05) is 0 Å². The molecule has 0 saturated heterocycles. The van der Waals surface area contributed by atoms with E-state index in [9.17, 15) is 19.1 Å². The first-order valence-corrected chi connectivity index (χ1v) is 6.90. The molecule has 0 spiro atoms. The summed E-state index contributed by atoms with van der Waals surface area (Å²) in [6.07, 6.45) is -0.139. The molecule has 1 amide bonds. The number of rotatable bonds is 4. The molecule has 2 aromatic rings. The summed E-state index contributed by atoms with van der Waals surface area (Å²) in [4.78, 5) is 28.1. The van der Waals surface area contributed by atoms with Crippen LogP contribution in [-0.2, 0) is 11.2 Å². The van der Waals surface area contributed by atoms with Gasteiger partial charge >= 0.3 is 0 Å². The van der Waals surface area contributed by atoms with Gasteiger partial charge in [0.2, 0.25) is 5.91 Å². The Morgan fingerprint density at radius 1 is 1.39 bits per heavy atom. The number of nitrogens with zero attached hydrogens (tertiary/aromatic N) is 1. The summed E-state index contributed by atoms with van der Waals surface area (Å²) in [7, 11) is 0. The predicted octanol–water partition coefficient (Wildman–Crippen LogP) is 1.36. The topological polar surface area (TPSA) is 110 Å². The zero-order valence-corrected chi connectivity index (χ0v) is 12.8. The fourth-order valence-electron chi connectivity index (χ4n) is 1.83.